The number of hydrogen-bond acceptors (Lipinski definition) is 3. The summed E-state index contributed by atoms with van der Waals surface area (Å²) in [5, 5.41) is 3.59. The van der Waals surface area contributed by atoms with Crippen molar-refractivity contribution in [1.82, 2.24) is 5.32 Å². The van der Waals surface area contributed by atoms with Crippen LogP contribution < -0.4 is 10.1 Å². The fraction of sp³-hybridized carbons (Fsp3) is 0.115. The molecule has 1 heterocycles. The average molecular weight is 397 g/mol. The highest BCUT2D eigenvalue weighted by Gasteiger charge is 2.15. The number of methoxy groups -OCH3 is 1. The van der Waals surface area contributed by atoms with Crippen LogP contribution in [-0.4, -0.2) is 20.1 Å². The molecule has 0 aliphatic heterocycles. The fourth-order valence-electron chi connectivity index (χ4n) is 3.58. The quantitative estimate of drug-likeness (QED) is 0.425. The molecule has 0 saturated carbocycles. The summed E-state index contributed by atoms with van der Waals surface area (Å²) in [7, 11) is 3.23. The highest BCUT2D eigenvalue weighted by Crippen LogP contribution is 2.37. The maximum atomic E-state index is 11.8. The molecule has 0 fully saturated rings. The predicted octanol–water partition coefficient (Wildman–Crippen LogP) is 5.92. The van der Waals surface area contributed by atoms with E-state index in [4.69, 9.17) is 9.15 Å². The van der Waals surface area contributed by atoms with Crippen LogP contribution in [0.15, 0.2) is 83.5 Å². The van der Waals surface area contributed by atoms with E-state index in [2.05, 4.69) is 41.7 Å². The molecule has 4 aromatic rings. The number of nitrogens with one attached hydrogen (secondary N) is 1. The van der Waals surface area contributed by atoms with E-state index in [0.717, 1.165) is 33.2 Å². The Morgan fingerprint density at radius 3 is 2.30 bits per heavy atom. The predicted molar refractivity (Wildman–Crippen MR) is 121 cm³/mol. The molecule has 0 bridgehead atoms. The Morgan fingerprint density at radius 2 is 1.63 bits per heavy atom. The summed E-state index contributed by atoms with van der Waals surface area (Å²) in [6, 6.07) is 22.6. The van der Waals surface area contributed by atoms with Crippen LogP contribution in [0.25, 0.3) is 38.8 Å². The average Bonchev–Trinajstić information content (AvgIpc) is 3.21. The molecule has 0 aliphatic carbocycles. The smallest absolute Gasteiger partial charge is 0.244 e. The second kappa shape index (κ2) is 8.29. The number of amides is 1. The van der Waals surface area contributed by atoms with Crippen molar-refractivity contribution in [2.45, 2.75) is 6.92 Å². The lowest BCUT2D eigenvalue weighted by atomic mass is 9.97. The number of rotatable bonds is 5. The molecule has 30 heavy (non-hydrogen) atoms. The summed E-state index contributed by atoms with van der Waals surface area (Å²) < 4.78 is 11.4. The highest BCUT2D eigenvalue weighted by atomic mass is 16.5. The lowest BCUT2D eigenvalue weighted by Gasteiger charge is -2.10. The molecule has 0 unspecified atom stereocenters. The number of fused-ring (bicyclic) bond motifs is 1. The monoisotopic (exact) mass is 397 g/mol. The molecule has 4 heteroatoms. The van der Waals surface area contributed by atoms with Gasteiger partial charge in [0, 0.05) is 35.7 Å². The minimum absolute atomic E-state index is 0.154. The van der Waals surface area contributed by atoms with Crippen LogP contribution in [0.3, 0.4) is 0 Å². The third-order valence-electron chi connectivity index (χ3n) is 5.22. The van der Waals surface area contributed by atoms with Crippen LogP contribution in [0.2, 0.25) is 0 Å². The van der Waals surface area contributed by atoms with Crippen LogP contribution in [0.1, 0.15) is 12.5 Å². The van der Waals surface area contributed by atoms with Crippen molar-refractivity contribution < 1.29 is 13.9 Å². The van der Waals surface area contributed by atoms with E-state index in [9.17, 15) is 4.79 Å². The second-order valence-electron chi connectivity index (χ2n) is 7.08. The van der Waals surface area contributed by atoms with Gasteiger partial charge in [-0.25, -0.2) is 0 Å². The molecular formula is C26H23NO3. The largest absolute Gasteiger partial charge is 0.496 e. The van der Waals surface area contributed by atoms with Crippen LogP contribution >= 0.6 is 0 Å². The van der Waals surface area contributed by atoms with Crippen molar-refractivity contribution in [2.75, 3.05) is 14.2 Å². The molecule has 0 spiro atoms. The second-order valence-corrected chi connectivity index (χ2v) is 7.08. The molecule has 0 atom stereocenters. The molecule has 0 aliphatic rings. The van der Waals surface area contributed by atoms with E-state index in [1.54, 1.807) is 26.5 Å². The Bertz CT molecular complexity index is 1220. The maximum Gasteiger partial charge on any atom is 0.244 e. The van der Waals surface area contributed by atoms with Crippen LogP contribution in [-0.2, 0) is 4.79 Å². The summed E-state index contributed by atoms with van der Waals surface area (Å²) >= 11 is 0. The van der Waals surface area contributed by atoms with Gasteiger partial charge in [-0.3, -0.25) is 4.79 Å². The molecular weight excluding hydrogens is 374 g/mol. The lowest BCUT2D eigenvalue weighted by molar-refractivity contribution is -0.116. The van der Waals surface area contributed by atoms with Gasteiger partial charge in [0.2, 0.25) is 5.91 Å². The Kier molecular flexibility index (Phi) is 5.40. The minimum atomic E-state index is -0.154. The summed E-state index contributed by atoms with van der Waals surface area (Å²) in [5.41, 5.74) is 6.84. The van der Waals surface area contributed by atoms with Gasteiger partial charge in [0.05, 0.1) is 13.4 Å². The van der Waals surface area contributed by atoms with E-state index >= 15 is 0 Å². The number of allylic oxidation sites excluding steroid dienone is 1. The first-order valence-electron chi connectivity index (χ1n) is 9.76. The van der Waals surface area contributed by atoms with Crippen molar-refractivity contribution in [3.63, 3.8) is 0 Å². The zero-order valence-electron chi connectivity index (χ0n) is 17.2. The zero-order valence-corrected chi connectivity index (χ0v) is 17.2. The Balaban J connectivity index is 1.78. The molecule has 4 nitrogen and oxygen atoms in total. The number of hydrogen-bond donors (Lipinski definition) is 1. The molecule has 150 valence electrons. The molecule has 4 rings (SSSR count). The molecule has 1 aromatic heterocycles. The molecule has 0 saturated heterocycles. The number of carbonyl (C=O) groups excluding carboxylic acids is 1. The number of furan rings is 1. The maximum absolute atomic E-state index is 11.8. The van der Waals surface area contributed by atoms with E-state index in [-0.39, 0.29) is 5.91 Å². The van der Waals surface area contributed by atoms with E-state index in [1.807, 2.05) is 37.3 Å². The Morgan fingerprint density at radius 1 is 0.967 bits per heavy atom. The normalized spacial score (nSPS) is 11.5. The first-order chi connectivity index (χ1) is 14.6. The van der Waals surface area contributed by atoms with E-state index in [1.165, 1.54) is 11.1 Å². The van der Waals surface area contributed by atoms with E-state index in [0.29, 0.717) is 5.75 Å². The van der Waals surface area contributed by atoms with Crippen molar-refractivity contribution in [3.05, 3.63) is 84.6 Å². The van der Waals surface area contributed by atoms with Crippen LogP contribution in [0.5, 0.6) is 5.75 Å². The Labute approximate surface area is 175 Å². The SMILES string of the molecule is CNC(=O)/C=C(\C)c1cc2c(-c3ccc(-c4ccccc4)cc3)coc2cc1OC. The van der Waals surface area contributed by atoms with Crippen LogP contribution in [0.4, 0.5) is 0 Å². The third kappa shape index (κ3) is 3.72. The first kappa shape index (κ1) is 19.5. The van der Waals surface area contributed by atoms with Gasteiger partial charge >= 0.3 is 0 Å². The van der Waals surface area contributed by atoms with E-state index < -0.39 is 0 Å². The summed E-state index contributed by atoms with van der Waals surface area (Å²) in [6.07, 6.45) is 3.33. The van der Waals surface area contributed by atoms with Gasteiger partial charge in [-0.1, -0.05) is 54.6 Å². The van der Waals surface area contributed by atoms with Crippen molar-refractivity contribution in [2.24, 2.45) is 0 Å². The summed E-state index contributed by atoms with van der Waals surface area (Å²) in [6.45, 7) is 1.90. The number of carbonyl (C=O) groups is 1. The molecule has 1 amide bonds. The van der Waals surface area contributed by atoms with Gasteiger partial charge in [0.25, 0.3) is 0 Å². The highest BCUT2D eigenvalue weighted by molar-refractivity contribution is 6.00. The number of likely N-dealkylation sites (N-methyl/N-ethyl adjacent to an activating group) is 1. The summed E-state index contributed by atoms with van der Waals surface area (Å²) in [5.74, 6) is 0.513. The standard InChI is InChI=1S/C26H23NO3/c1-17(13-26(28)27-2)21-14-22-23(16-30-25(22)15-24(21)29-3)20-11-9-19(10-12-20)18-7-5-4-6-8-18/h4-16H,1-3H3,(H,27,28)/b17-13+. The topological polar surface area (TPSA) is 51.5 Å². The third-order valence-corrected chi connectivity index (χ3v) is 5.22. The fourth-order valence-corrected chi connectivity index (χ4v) is 3.58. The van der Waals surface area contributed by atoms with Gasteiger partial charge in [0.15, 0.2) is 0 Å². The van der Waals surface area contributed by atoms with Gasteiger partial charge in [-0.05, 0) is 35.3 Å². The summed E-state index contributed by atoms with van der Waals surface area (Å²) in [4.78, 5) is 11.8. The minimum Gasteiger partial charge on any atom is -0.496 e. The molecule has 3 aromatic carbocycles. The van der Waals surface area contributed by atoms with Crippen molar-refractivity contribution in [3.8, 4) is 28.0 Å². The van der Waals surface area contributed by atoms with Gasteiger partial charge in [-0.15, -0.1) is 0 Å². The van der Waals surface area contributed by atoms with Gasteiger partial charge < -0.3 is 14.5 Å². The van der Waals surface area contributed by atoms with Crippen molar-refractivity contribution in [1.29, 1.82) is 0 Å². The lowest BCUT2D eigenvalue weighted by Crippen LogP contribution is -2.14. The van der Waals surface area contributed by atoms with Gasteiger partial charge in [0.1, 0.15) is 11.3 Å². The van der Waals surface area contributed by atoms with Gasteiger partial charge in [-0.2, -0.15) is 0 Å². The first-order valence-corrected chi connectivity index (χ1v) is 9.76. The Hall–Kier alpha value is -3.79. The van der Waals surface area contributed by atoms with Crippen LogP contribution in [0, 0.1) is 0 Å². The number of ether oxygens (including phenoxy) is 1. The zero-order chi connectivity index (χ0) is 21.1. The van der Waals surface area contributed by atoms with Crippen molar-refractivity contribution >= 4 is 22.4 Å². The number of benzene rings is 3. The molecule has 0 radical (unpaired) electrons. The molecule has 1 N–H and O–H groups in total.